The van der Waals surface area contributed by atoms with Crippen molar-refractivity contribution in [3.63, 3.8) is 0 Å². The molecule has 1 aliphatic rings. The number of piperazine rings is 1. The molecule has 1 fully saturated rings. The second kappa shape index (κ2) is 6.17. The smallest absolute Gasteiger partial charge is 0.427 e. The van der Waals surface area contributed by atoms with Gasteiger partial charge in [-0.3, -0.25) is 0 Å². The van der Waals surface area contributed by atoms with Gasteiger partial charge in [0.15, 0.2) is 0 Å². The van der Waals surface area contributed by atoms with E-state index in [4.69, 9.17) is 62.8 Å². The average molecular weight is 359 g/mol. The molecule has 1 amide bonds. The van der Waals surface area contributed by atoms with Gasteiger partial charge in [-0.05, 0) is 10.7 Å². The highest BCUT2D eigenvalue weighted by atomic mass is 19.4. The van der Waals surface area contributed by atoms with Crippen LogP contribution in [0.4, 0.5) is 31.1 Å². The third-order valence-electron chi connectivity index (χ3n) is 3.47. The molecule has 16 radical (unpaired) electrons. The fourth-order valence-electron chi connectivity index (χ4n) is 1.99. The Morgan fingerprint density at radius 2 is 1.12 bits per heavy atom. The molecule has 1 N–H and O–H groups in total. The van der Waals surface area contributed by atoms with Crippen LogP contribution in [0.3, 0.4) is 0 Å². The summed E-state index contributed by atoms with van der Waals surface area (Å²) in [5.74, 6) is 0. The van der Waals surface area contributed by atoms with E-state index in [9.17, 15) is 31.1 Å². The first-order valence-electron chi connectivity index (χ1n) is 6.34. The monoisotopic (exact) mass is 360 g/mol. The van der Waals surface area contributed by atoms with Crippen molar-refractivity contribution in [1.82, 2.24) is 10.2 Å². The first kappa shape index (κ1) is 23.4. The zero-order valence-corrected chi connectivity index (χ0v) is 12.7. The van der Waals surface area contributed by atoms with Gasteiger partial charge in [-0.25, -0.2) is 4.79 Å². The molecule has 18 heteroatoms. The lowest BCUT2D eigenvalue weighted by molar-refractivity contribution is -0.309. The van der Waals surface area contributed by atoms with Crippen molar-refractivity contribution in [2.75, 3.05) is 0 Å². The van der Waals surface area contributed by atoms with Crippen molar-refractivity contribution in [3.8, 4) is 0 Å². The number of amides is 1. The molecule has 0 saturated carbocycles. The molecule has 0 aliphatic carbocycles. The molecule has 1 aliphatic heterocycles. The second-order valence-corrected chi connectivity index (χ2v) is 5.70. The maximum absolute atomic E-state index is 12.6. The van der Waals surface area contributed by atoms with Crippen molar-refractivity contribution in [3.05, 3.63) is 0 Å². The zero-order chi connectivity index (χ0) is 21.1. The Morgan fingerprint density at radius 3 is 1.38 bits per heavy atom. The Bertz CT molecular complexity index is 540. The second-order valence-electron chi connectivity index (χ2n) is 5.70. The molecule has 4 nitrogen and oxygen atoms in total. The zero-order valence-electron chi connectivity index (χ0n) is 12.7. The van der Waals surface area contributed by atoms with Gasteiger partial charge >= 0.3 is 18.4 Å². The van der Waals surface area contributed by atoms with Gasteiger partial charge in [0.2, 0.25) is 0 Å². The Labute approximate surface area is 155 Å². The van der Waals surface area contributed by atoms with E-state index >= 15 is 0 Å². The van der Waals surface area contributed by atoms with E-state index in [1.807, 2.05) is 5.32 Å². The van der Waals surface area contributed by atoms with E-state index in [1.54, 1.807) is 0 Å². The number of ether oxygens (including phenoxy) is 1. The van der Waals surface area contributed by atoms with E-state index in [2.05, 4.69) is 4.74 Å². The molecule has 0 aromatic heterocycles. The lowest BCUT2D eigenvalue weighted by Crippen LogP contribution is -2.92. The summed E-state index contributed by atoms with van der Waals surface area (Å²) in [6, 6.07) is 0. The van der Waals surface area contributed by atoms with Gasteiger partial charge in [-0.1, -0.05) is 10.7 Å². The minimum Gasteiger partial charge on any atom is -0.427 e. The lowest BCUT2D eigenvalue weighted by Gasteiger charge is -2.70. The standard InChI is InChI=1S/C8H2B8F6N2O2/c9-5(10)7(13,14)24(8(15,16)6(11,12)23-5)2(25)26-1(3(17,18)19)4(20,21)22/h1,23H. The SMILES string of the molecule is [B]C1([B])NC([B])([B])C([B])([B])N(C(=O)OC(C(F)(F)F)C(F)(F)F)C1([B])[B]. The molecular formula is C8H2B8F6N2O2. The third kappa shape index (κ3) is 3.80. The number of rotatable bonds is 1. The fourth-order valence-corrected chi connectivity index (χ4v) is 1.99. The summed E-state index contributed by atoms with van der Waals surface area (Å²) in [6.45, 7) is 0. The summed E-state index contributed by atoms with van der Waals surface area (Å²) in [5.41, 5.74) is 0. The Hall–Kier alpha value is -0.671. The molecule has 0 bridgehead atoms. The molecule has 122 valence electrons. The molecule has 1 saturated heterocycles. The molecule has 0 aromatic carbocycles. The molecule has 1 heterocycles. The van der Waals surface area contributed by atoms with Crippen LogP contribution in [0.25, 0.3) is 0 Å². The largest absolute Gasteiger partial charge is 0.434 e. The minimum absolute atomic E-state index is 0.416. The number of carbonyl (C=O) groups excluding carboxylic acids is 1. The maximum Gasteiger partial charge on any atom is 0.434 e. The minimum atomic E-state index is -6.05. The Kier molecular flexibility index (Phi) is 5.54. The van der Waals surface area contributed by atoms with Crippen molar-refractivity contribution in [2.45, 2.75) is 39.8 Å². The van der Waals surface area contributed by atoms with Crippen LogP contribution in [0.15, 0.2) is 0 Å². The van der Waals surface area contributed by atoms with Crippen molar-refractivity contribution in [1.29, 1.82) is 0 Å². The number of halogens is 6. The van der Waals surface area contributed by atoms with Crippen LogP contribution in [-0.2, 0) is 4.74 Å². The van der Waals surface area contributed by atoms with Crippen LogP contribution in [0, 0.1) is 0 Å². The number of hydrogen-bond donors (Lipinski definition) is 1. The number of hydrogen-bond acceptors (Lipinski definition) is 3. The topological polar surface area (TPSA) is 41.6 Å². The maximum atomic E-state index is 12.6. The first-order valence-corrected chi connectivity index (χ1v) is 6.34. The lowest BCUT2D eigenvalue weighted by atomic mass is 9.27. The summed E-state index contributed by atoms with van der Waals surface area (Å²) >= 11 is 0. The molecule has 0 spiro atoms. The van der Waals surface area contributed by atoms with E-state index < -0.39 is 50.8 Å². The number of nitrogens with zero attached hydrogens (tertiary/aromatic N) is 1. The van der Waals surface area contributed by atoms with Crippen molar-refractivity contribution in [2.24, 2.45) is 0 Å². The average Bonchev–Trinajstić information content (AvgIpc) is 2.29. The number of alkyl halides is 6. The van der Waals surface area contributed by atoms with Crippen molar-refractivity contribution >= 4 is 68.9 Å². The van der Waals surface area contributed by atoms with Gasteiger partial charge in [-0.15, -0.1) is 0 Å². The van der Waals surface area contributed by atoms with Crippen LogP contribution in [0.2, 0.25) is 0 Å². The van der Waals surface area contributed by atoms with Gasteiger partial charge in [-0.2, -0.15) is 26.3 Å². The van der Waals surface area contributed by atoms with Gasteiger partial charge in [0.1, 0.15) is 0 Å². The van der Waals surface area contributed by atoms with Gasteiger partial charge in [0.05, 0.1) is 62.8 Å². The van der Waals surface area contributed by atoms with E-state index in [1.165, 1.54) is 0 Å². The highest BCUT2D eigenvalue weighted by Gasteiger charge is 2.63. The summed E-state index contributed by atoms with van der Waals surface area (Å²) in [4.78, 5) is 11.6. The van der Waals surface area contributed by atoms with Gasteiger partial charge in [0, 0.05) is 0 Å². The summed E-state index contributed by atoms with van der Waals surface area (Å²) in [7, 11) is 43.5. The quantitative estimate of drug-likeness (QED) is 0.416. The molecule has 1 rings (SSSR count). The predicted molar refractivity (Wildman–Crippen MR) is 84.3 cm³/mol. The number of carbonyl (C=O) groups is 1. The molecule has 0 aromatic rings. The van der Waals surface area contributed by atoms with E-state index in [0.717, 1.165) is 0 Å². The van der Waals surface area contributed by atoms with Crippen LogP contribution < -0.4 is 5.32 Å². The first-order chi connectivity index (χ1) is 11.1. The highest BCUT2D eigenvalue weighted by Crippen LogP contribution is 2.39. The Morgan fingerprint density at radius 1 is 0.808 bits per heavy atom. The normalized spacial score (nSPS) is 24.2. The number of nitrogens with one attached hydrogen (secondary N) is 1. The van der Waals surface area contributed by atoms with E-state index in [-0.39, 0.29) is 0 Å². The van der Waals surface area contributed by atoms with Gasteiger partial charge in [0.25, 0.3) is 6.10 Å². The molecule has 0 atom stereocenters. The van der Waals surface area contributed by atoms with Crippen molar-refractivity contribution < 1.29 is 35.9 Å². The molecular weight excluding hydrogens is 357 g/mol. The fraction of sp³-hybridized carbons (Fsp3) is 0.875. The summed E-state index contributed by atoms with van der Waals surface area (Å²) < 4.78 is 78.9. The van der Waals surface area contributed by atoms with Crippen LogP contribution in [-0.4, -0.2) is 114 Å². The summed E-state index contributed by atoms with van der Waals surface area (Å²) in [6.07, 6.45) is -19.2. The highest BCUT2D eigenvalue weighted by molar-refractivity contribution is 6.60. The Balaban J connectivity index is 3.42. The summed E-state index contributed by atoms with van der Waals surface area (Å²) in [5, 5.41) is -9.43. The van der Waals surface area contributed by atoms with Crippen LogP contribution in [0.5, 0.6) is 0 Å². The van der Waals surface area contributed by atoms with E-state index in [0.29, 0.717) is 0 Å². The van der Waals surface area contributed by atoms with Crippen LogP contribution >= 0.6 is 0 Å². The van der Waals surface area contributed by atoms with Gasteiger partial charge < -0.3 is 15.0 Å². The molecule has 0 unspecified atom stereocenters. The predicted octanol–water partition coefficient (Wildman–Crippen LogP) is -2.52. The molecule has 26 heavy (non-hydrogen) atoms. The third-order valence-corrected chi connectivity index (χ3v) is 3.47. The van der Waals surface area contributed by atoms with Crippen LogP contribution in [0.1, 0.15) is 0 Å².